The molecule has 0 amide bonds. The largest absolute Gasteiger partial charge is 0.486 e. The van der Waals surface area contributed by atoms with Gasteiger partial charge in [0, 0.05) is 12.0 Å². The average molecular weight is 294 g/mol. The number of ether oxygens (including phenoxy) is 1. The molecule has 1 heterocycles. The zero-order valence-electron chi connectivity index (χ0n) is 12.2. The molecule has 0 spiro atoms. The molecule has 3 N–H and O–H groups in total. The molecule has 2 aliphatic rings. The maximum atomic E-state index is 12.3. The zero-order chi connectivity index (χ0) is 14.4. The van der Waals surface area contributed by atoms with Gasteiger partial charge in [-0.05, 0) is 39.0 Å². The number of nitrogens with one attached hydrogen (secondary N) is 1. The van der Waals surface area contributed by atoms with E-state index >= 15 is 0 Å². The second-order valence-electron chi connectivity index (χ2n) is 6.27. The van der Waals surface area contributed by atoms with Crippen LogP contribution in [0.1, 0.15) is 49.7 Å². The maximum absolute atomic E-state index is 12.3. The second kappa shape index (κ2) is 4.95. The van der Waals surface area contributed by atoms with E-state index in [2.05, 4.69) is 12.2 Å². The van der Waals surface area contributed by atoms with Crippen LogP contribution in [0.3, 0.4) is 0 Å². The van der Waals surface area contributed by atoms with Crippen LogP contribution in [0.15, 0.2) is 0 Å². The lowest BCUT2D eigenvalue weighted by Gasteiger charge is -2.12. The highest BCUT2D eigenvalue weighted by atomic mass is 32.1. The van der Waals surface area contributed by atoms with Gasteiger partial charge >= 0.3 is 0 Å². The molecule has 2 unspecified atom stereocenters. The summed E-state index contributed by atoms with van der Waals surface area (Å²) >= 11 is 1.46. The molecule has 110 valence electrons. The van der Waals surface area contributed by atoms with E-state index in [1.54, 1.807) is 0 Å². The van der Waals surface area contributed by atoms with Gasteiger partial charge in [-0.2, -0.15) is 0 Å². The van der Waals surface area contributed by atoms with E-state index in [4.69, 9.17) is 10.5 Å². The third-order valence-corrected chi connectivity index (χ3v) is 4.98. The molecule has 2 aliphatic carbocycles. The maximum Gasteiger partial charge on any atom is 0.178 e. The molecular weight excluding hydrogens is 272 g/mol. The van der Waals surface area contributed by atoms with Crippen LogP contribution in [-0.4, -0.2) is 17.9 Å². The van der Waals surface area contributed by atoms with Crippen LogP contribution in [0.2, 0.25) is 0 Å². The summed E-state index contributed by atoms with van der Waals surface area (Å²) in [5.41, 5.74) is 6.70. The van der Waals surface area contributed by atoms with Crippen molar-refractivity contribution in [1.82, 2.24) is 0 Å². The molecule has 2 atom stereocenters. The van der Waals surface area contributed by atoms with E-state index in [1.807, 2.05) is 13.8 Å². The van der Waals surface area contributed by atoms with Crippen molar-refractivity contribution in [3.63, 3.8) is 0 Å². The van der Waals surface area contributed by atoms with Crippen LogP contribution in [0, 0.1) is 11.8 Å². The van der Waals surface area contributed by atoms with E-state index in [0.29, 0.717) is 28.3 Å². The minimum absolute atomic E-state index is 0.0490. The highest BCUT2D eigenvalue weighted by molar-refractivity contribution is 7.19. The van der Waals surface area contributed by atoms with E-state index in [1.165, 1.54) is 17.8 Å². The van der Waals surface area contributed by atoms with Crippen molar-refractivity contribution in [2.75, 3.05) is 11.1 Å². The molecule has 20 heavy (non-hydrogen) atoms. The smallest absolute Gasteiger partial charge is 0.178 e. The summed E-state index contributed by atoms with van der Waals surface area (Å²) in [7, 11) is 0. The number of hydrogen-bond donors (Lipinski definition) is 2. The highest BCUT2D eigenvalue weighted by Crippen LogP contribution is 2.48. The Balaban J connectivity index is 1.88. The summed E-state index contributed by atoms with van der Waals surface area (Å²) in [6.45, 7) is 6.17. The Morgan fingerprint density at radius 2 is 2.10 bits per heavy atom. The van der Waals surface area contributed by atoms with Crippen molar-refractivity contribution in [3.05, 3.63) is 4.88 Å². The first-order valence-corrected chi connectivity index (χ1v) is 8.18. The van der Waals surface area contributed by atoms with Crippen LogP contribution >= 0.6 is 11.3 Å². The zero-order valence-corrected chi connectivity index (χ0v) is 13.0. The fourth-order valence-corrected chi connectivity index (χ4v) is 3.42. The second-order valence-corrected chi connectivity index (χ2v) is 7.29. The monoisotopic (exact) mass is 294 g/mol. The summed E-state index contributed by atoms with van der Waals surface area (Å²) in [6.07, 6.45) is 3.22. The standard InChI is InChI=1S/C15H22N2O2S/c1-7(2)19-13-11(16)14(12(18)9-4-5-9)20-15(13)17-10-6-8(10)3/h7-10,17H,4-6,16H2,1-3H3. The lowest BCUT2D eigenvalue weighted by Crippen LogP contribution is -2.10. The first-order valence-electron chi connectivity index (χ1n) is 7.37. The molecule has 4 nitrogen and oxygen atoms in total. The van der Waals surface area contributed by atoms with Gasteiger partial charge in [0.1, 0.15) is 5.00 Å². The summed E-state index contributed by atoms with van der Waals surface area (Å²) < 4.78 is 5.84. The van der Waals surface area contributed by atoms with E-state index < -0.39 is 0 Å². The van der Waals surface area contributed by atoms with E-state index in [-0.39, 0.29) is 17.8 Å². The number of carbonyl (C=O) groups is 1. The molecule has 0 saturated heterocycles. The Morgan fingerprint density at radius 3 is 2.60 bits per heavy atom. The minimum atomic E-state index is 0.0490. The predicted octanol–water partition coefficient (Wildman–Crippen LogP) is 3.53. The lowest BCUT2D eigenvalue weighted by molar-refractivity contribution is 0.0972. The normalized spacial score (nSPS) is 24.8. The Kier molecular flexibility index (Phi) is 3.40. The molecule has 0 radical (unpaired) electrons. The Morgan fingerprint density at radius 1 is 1.45 bits per heavy atom. The van der Waals surface area contributed by atoms with Gasteiger partial charge < -0.3 is 15.8 Å². The topological polar surface area (TPSA) is 64.3 Å². The summed E-state index contributed by atoms with van der Waals surface area (Å²) in [5.74, 6) is 1.74. The van der Waals surface area contributed by atoms with Gasteiger partial charge in [-0.1, -0.05) is 6.92 Å². The Labute approximate surface area is 123 Å². The van der Waals surface area contributed by atoms with Gasteiger partial charge in [-0.15, -0.1) is 11.3 Å². The van der Waals surface area contributed by atoms with Crippen molar-refractivity contribution in [2.24, 2.45) is 11.8 Å². The first kappa shape index (κ1) is 13.7. The molecule has 3 rings (SSSR count). The molecule has 0 aliphatic heterocycles. The Hall–Kier alpha value is -1.23. The molecule has 0 aromatic carbocycles. The Bertz CT molecular complexity index is 534. The third kappa shape index (κ3) is 2.64. The van der Waals surface area contributed by atoms with Gasteiger partial charge in [0.2, 0.25) is 0 Å². The van der Waals surface area contributed by atoms with Gasteiger partial charge in [0.15, 0.2) is 11.5 Å². The summed E-state index contributed by atoms with van der Waals surface area (Å²) in [4.78, 5) is 13.0. The SMILES string of the molecule is CC(C)Oc1c(NC2CC2C)sc(C(=O)C2CC2)c1N. The number of thiophene rings is 1. The predicted molar refractivity (Wildman–Crippen MR) is 82.7 cm³/mol. The lowest BCUT2D eigenvalue weighted by atomic mass is 10.2. The fourth-order valence-electron chi connectivity index (χ4n) is 2.28. The van der Waals surface area contributed by atoms with Crippen molar-refractivity contribution in [1.29, 1.82) is 0 Å². The number of Topliss-reactive ketones (excluding diaryl/α,β-unsaturated/α-hetero) is 1. The molecule has 2 fully saturated rings. The van der Waals surface area contributed by atoms with Gasteiger partial charge in [0.05, 0.1) is 16.7 Å². The minimum Gasteiger partial charge on any atom is -0.486 e. The van der Waals surface area contributed by atoms with Gasteiger partial charge in [-0.25, -0.2) is 0 Å². The molecule has 2 saturated carbocycles. The first-order chi connectivity index (χ1) is 9.47. The van der Waals surface area contributed by atoms with E-state index in [9.17, 15) is 4.79 Å². The summed E-state index contributed by atoms with van der Waals surface area (Å²) in [6, 6.07) is 0.492. The highest BCUT2D eigenvalue weighted by Gasteiger charge is 2.37. The van der Waals surface area contributed by atoms with E-state index in [0.717, 1.165) is 17.8 Å². The van der Waals surface area contributed by atoms with Crippen LogP contribution < -0.4 is 15.8 Å². The number of carbonyl (C=O) groups excluding carboxylic acids is 1. The number of hydrogen-bond acceptors (Lipinski definition) is 5. The molecular formula is C15H22N2O2S. The number of rotatable bonds is 6. The van der Waals surface area contributed by atoms with Crippen LogP contribution in [-0.2, 0) is 0 Å². The van der Waals surface area contributed by atoms with Gasteiger partial charge in [-0.3, -0.25) is 4.79 Å². The summed E-state index contributed by atoms with van der Waals surface area (Å²) in [5, 5.41) is 4.40. The van der Waals surface area contributed by atoms with Crippen molar-refractivity contribution in [3.8, 4) is 5.75 Å². The number of anilines is 2. The van der Waals surface area contributed by atoms with Crippen molar-refractivity contribution in [2.45, 2.75) is 52.2 Å². The molecule has 5 heteroatoms. The van der Waals surface area contributed by atoms with Crippen molar-refractivity contribution >= 4 is 27.8 Å². The average Bonchev–Trinajstić information content (AvgIpc) is 3.27. The molecule has 1 aromatic rings. The number of ketones is 1. The number of nitrogen functional groups attached to an aromatic ring is 1. The molecule has 0 bridgehead atoms. The fraction of sp³-hybridized carbons (Fsp3) is 0.667. The number of nitrogens with two attached hydrogens (primary N) is 1. The van der Waals surface area contributed by atoms with Crippen LogP contribution in [0.5, 0.6) is 5.75 Å². The van der Waals surface area contributed by atoms with Crippen molar-refractivity contribution < 1.29 is 9.53 Å². The quantitative estimate of drug-likeness (QED) is 0.788. The molecule has 1 aromatic heterocycles. The van der Waals surface area contributed by atoms with Crippen LogP contribution in [0.4, 0.5) is 10.7 Å². The van der Waals surface area contributed by atoms with Gasteiger partial charge in [0.25, 0.3) is 0 Å². The van der Waals surface area contributed by atoms with Crippen LogP contribution in [0.25, 0.3) is 0 Å². The third-order valence-electron chi connectivity index (χ3n) is 3.85.